The Morgan fingerprint density at radius 1 is 1.08 bits per heavy atom. The Kier molecular flexibility index (Phi) is 5.48. The molecule has 0 unspecified atom stereocenters. The fourth-order valence-electron chi connectivity index (χ4n) is 3.60. The lowest BCUT2D eigenvalue weighted by Gasteiger charge is -2.21. The summed E-state index contributed by atoms with van der Waals surface area (Å²) >= 11 is 0. The second kappa shape index (κ2) is 7.77. The van der Waals surface area contributed by atoms with Crippen LogP contribution in [-0.2, 0) is 0 Å². The fourth-order valence-corrected chi connectivity index (χ4v) is 3.60. The van der Waals surface area contributed by atoms with Crippen LogP contribution in [-0.4, -0.2) is 26.1 Å². The summed E-state index contributed by atoms with van der Waals surface area (Å²) in [6.07, 6.45) is 12.3. The summed E-state index contributed by atoms with van der Waals surface area (Å²) in [5.41, 5.74) is 4.42. The number of aromatic nitrogens is 4. The van der Waals surface area contributed by atoms with E-state index in [1.807, 2.05) is 13.1 Å². The lowest BCUT2D eigenvalue weighted by molar-refractivity contribution is 0.433. The van der Waals surface area contributed by atoms with Crippen molar-refractivity contribution in [2.24, 2.45) is 0 Å². The normalized spacial score (nSPS) is 18.8. The highest BCUT2D eigenvalue weighted by Gasteiger charge is 2.20. The summed E-state index contributed by atoms with van der Waals surface area (Å²) in [4.78, 5) is 9.11. The van der Waals surface area contributed by atoms with E-state index in [0.717, 1.165) is 23.7 Å². The zero-order valence-corrected chi connectivity index (χ0v) is 15.0. The molecular weight excluding hydrogens is 298 g/mol. The Morgan fingerprint density at radius 3 is 2.50 bits per heavy atom. The van der Waals surface area contributed by atoms with Crippen LogP contribution in [0.15, 0.2) is 18.5 Å². The van der Waals surface area contributed by atoms with Gasteiger partial charge in [-0.25, -0.2) is 14.5 Å². The van der Waals surface area contributed by atoms with E-state index < -0.39 is 0 Å². The smallest absolute Gasteiger partial charge is 0.251 e. The number of imidazole rings is 1. The van der Waals surface area contributed by atoms with E-state index in [1.54, 1.807) is 4.52 Å². The largest absolute Gasteiger partial charge is 0.389 e. The lowest BCUT2D eigenvalue weighted by Crippen LogP contribution is -2.18. The van der Waals surface area contributed by atoms with E-state index in [9.17, 15) is 0 Å². The average molecular weight is 327 g/mol. The molecule has 0 atom stereocenters. The minimum atomic E-state index is 0.596. The molecule has 1 saturated carbocycles. The van der Waals surface area contributed by atoms with Gasteiger partial charge in [0.2, 0.25) is 0 Å². The molecule has 0 spiro atoms. The molecule has 0 bridgehead atoms. The van der Waals surface area contributed by atoms with E-state index in [2.05, 4.69) is 28.9 Å². The molecule has 4 rings (SSSR count). The van der Waals surface area contributed by atoms with Gasteiger partial charge in [0.05, 0.1) is 23.3 Å². The molecule has 2 aromatic rings. The average Bonchev–Trinajstić information content (AvgIpc) is 2.95. The van der Waals surface area contributed by atoms with E-state index in [-0.39, 0.29) is 0 Å². The van der Waals surface area contributed by atoms with Gasteiger partial charge in [-0.1, -0.05) is 25.8 Å². The van der Waals surface area contributed by atoms with Crippen LogP contribution in [0.4, 0.5) is 0 Å². The van der Waals surface area contributed by atoms with Crippen molar-refractivity contribution < 1.29 is 0 Å². The van der Waals surface area contributed by atoms with E-state index >= 15 is 0 Å². The Hall–Kier alpha value is -1.91. The standard InChI is InChI=1S/C13H18N4.C6H11N/c1-9-8-17-13(14-9)15-12(10(2)16-17)11-6-4-3-5-7-11;1-6-4-2-3-5-7-6/h8,11H,3-7H2,1-2H3;7H,1-5H2. The second-order valence-corrected chi connectivity index (χ2v) is 7.03. The van der Waals surface area contributed by atoms with Crippen LogP contribution in [0.1, 0.15) is 74.4 Å². The molecule has 2 aliphatic rings. The summed E-state index contributed by atoms with van der Waals surface area (Å²) in [7, 11) is 0. The van der Waals surface area contributed by atoms with Crippen molar-refractivity contribution in [1.82, 2.24) is 24.9 Å². The molecule has 5 nitrogen and oxygen atoms in total. The molecule has 1 N–H and O–H groups in total. The first-order chi connectivity index (χ1) is 11.6. The Balaban J connectivity index is 0.000000203. The lowest BCUT2D eigenvalue weighted by atomic mass is 9.86. The van der Waals surface area contributed by atoms with Gasteiger partial charge >= 0.3 is 0 Å². The second-order valence-electron chi connectivity index (χ2n) is 7.03. The zero-order valence-electron chi connectivity index (χ0n) is 15.0. The molecule has 130 valence electrons. The van der Waals surface area contributed by atoms with Crippen LogP contribution >= 0.6 is 0 Å². The highest BCUT2D eigenvalue weighted by atomic mass is 15.3. The number of rotatable bonds is 1. The maximum Gasteiger partial charge on any atom is 0.251 e. The minimum absolute atomic E-state index is 0.596. The quantitative estimate of drug-likeness (QED) is 0.858. The van der Waals surface area contributed by atoms with Crippen LogP contribution in [0.2, 0.25) is 0 Å². The third-order valence-electron chi connectivity index (χ3n) is 4.91. The third-order valence-corrected chi connectivity index (χ3v) is 4.91. The van der Waals surface area contributed by atoms with Crippen molar-refractivity contribution in [3.05, 3.63) is 35.6 Å². The summed E-state index contributed by atoms with van der Waals surface area (Å²) in [6.45, 7) is 8.98. The molecule has 0 aromatic carbocycles. The highest BCUT2D eigenvalue weighted by Crippen LogP contribution is 2.32. The van der Waals surface area contributed by atoms with Crippen LogP contribution in [0, 0.1) is 13.8 Å². The minimum Gasteiger partial charge on any atom is -0.389 e. The van der Waals surface area contributed by atoms with Gasteiger partial charge in [-0.3, -0.25) is 0 Å². The molecule has 0 amide bonds. The first-order valence-corrected chi connectivity index (χ1v) is 9.25. The number of hydrogen-bond acceptors (Lipinski definition) is 4. The monoisotopic (exact) mass is 327 g/mol. The molecule has 1 aliphatic heterocycles. The number of allylic oxidation sites excluding steroid dienone is 1. The summed E-state index contributed by atoms with van der Waals surface area (Å²) in [5.74, 6) is 1.34. The Morgan fingerprint density at radius 2 is 1.88 bits per heavy atom. The van der Waals surface area contributed by atoms with E-state index in [4.69, 9.17) is 4.98 Å². The molecule has 24 heavy (non-hydrogen) atoms. The SMILES string of the molecule is C=C1CCCCN1.Cc1cn2nc(C)c(C3CCCCC3)nc2n1. The summed E-state index contributed by atoms with van der Waals surface area (Å²) in [5, 5.41) is 7.75. The van der Waals surface area contributed by atoms with Gasteiger partial charge in [-0.05, 0) is 46.0 Å². The molecule has 2 aromatic heterocycles. The Labute approximate surface area is 144 Å². The maximum atomic E-state index is 4.71. The molecular formula is C19H29N5. The zero-order chi connectivity index (χ0) is 16.9. The first kappa shape index (κ1) is 16.9. The third kappa shape index (κ3) is 4.13. The van der Waals surface area contributed by atoms with Gasteiger partial charge in [0, 0.05) is 18.2 Å². The predicted molar refractivity (Wildman–Crippen MR) is 97.1 cm³/mol. The molecule has 2 fully saturated rings. The van der Waals surface area contributed by atoms with Crippen molar-refractivity contribution >= 4 is 5.78 Å². The van der Waals surface area contributed by atoms with Gasteiger partial charge in [0.15, 0.2) is 0 Å². The van der Waals surface area contributed by atoms with Gasteiger partial charge < -0.3 is 5.32 Å². The van der Waals surface area contributed by atoms with Crippen molar-refractivity contribution in [3.63, 3.8) is 0 Å². The summed E-state index contributed by atoms with van der Waals surface area (Å²) < 4.78 is 1.79. The number of fused-ring (bicyclic) bond motifs is 1. The highest BCUT2D eigenvalue weighted by molar-refractivity contribution is 5.32. The molecule has 0 radical (unpaired) electrons. The van der Waals surface area contributed by atoms with Gasteiger partial charge in [-0.2, -0.15) is 5.10 Å². The number of piperidine rings is 1. The molecule has 1 saturated heterocycles. The fraction of sp³-hybridized carbons (Fsp3) is 0.632. The van der Waals surface area contributed by atoms with Crippen LogP contribution in [0.25, 0.3) is 5.78 Å². The van der Waals surface area contributed by atoms with Gasteiger partial charge in [-0.15, -0.1) is 0 Å². The van der Waals surface area contributed by atoms with E-state index in [1.165, 1.54) is 62.8 Å². The van der Waals surface area contributed by atoms with Crippen molar-refractivity contribution in [2.75, 3.05) is 6.54 Å². The maximum absolute atomic E-state index is 4.71. The number of hydrogen-bond donors (Lipinski definition) is 1. The first-order valence-electron chi connectivity index (χ1n) is 9.25. The van der Waals surface area contributed by atoms with Crippen LogP contribution in [0.5, 0.6) is 0 Å². The van der Waals surface area contributed by atoms with Crippen molar-refractivity contribution in [1.29, 1.82) is 0 Å². The van der Waals surface area contributed by atoms with Gasteiger partial charge in [0.25, 0.3) is 5.78 Å². The van der Waals surface area contributed by atoms with Crippen LogP contribution in [0.3, 0.4) is 0 Å². The Bertz CT molecular complexity index is 689. The molecule has 1 aliphatic carbocycles. The number of nitrogens with one attached hydrogen (secondary N) is 1. The van der Waals surface area contributed by atoms with E-state index in [0.29, 0.717) is 5.92 Å². The number of nitrogens with zero attached hydrogens (tertiary/aromatic N) is 4. The molecule has 3 heterocycles. The topological polar surface area (TPSA) is 55.1 Å². The number of aryl methyl sites for hydroxylation is 2. The van der Waals surface area contributed by atoms with Crippen LogP contribution < -0.4 is 5.32 Å². The predicted octanol–water partition coefficient (Wildman–Crippen LogP) is 4.06. The molecule has 5 heteroatoms. The summed E-state index contributed by atoms with van der Waals surface area (Å²) in [6, 6.07) is 0. The van der Waals surface area contributed by atoms with Crippen molar-refractivity contribution in [2.45, 2.75) is 71.1 Å². The van der Waals surface area contributed by atoms with Gasteiger partial charge in [0.1, 0.15) is 0 Å². The van der Waals surface area contributed by atoms with Crippen molar-refractivity contribution in [3.8, 4) is 0 Å².